The number of ether oxygens (including phenoxy) is 1. The van der Waals surface area contributed by atoms with Crippen LogP contribution in [0.25, 0.3) is 0 Å². The normalized spacial score (nSPS) is 24.1. The van der Waals surface area contributed by atoms with Gasteiger partial charge in [0.25, 0.3) is 5.56 Å². The second kappa shape index (κ2) is 7.97. The molecule has 0 aromatic carbocycles. The maximum Gasteiger partial charge on any atom is 0.250 e. The Balaban J connectivity index is 1.57. The molecule has 2 fully saturated rings. The topological polar surface area (TPSA) is 51.5 Å². The van der Waals surface area contributed by atoms with E-state index < -0.39 is 0 Å². The van der Waals surface area contributed by atoms with Gasteiger partial charge in [-0.2, -0.15) is 0 Å². The first-order valence-corrected chi connectivity index (χ1v) is 9.26. The molecule has 1 aromatic heterocycles. The zero-order chi connectivity index (χ0) is 16.9. The van der Waals surface area contributed by atoms with Gasteiger partial charge in [0.1, 0.15) is 0 Å². The standard InChI is InChI=1S/C19H28N2O3/c1-2-3-6-16-13-21(14-17(24-16)15-8-9-15)19(23)10-12-20-11-5-4-7-18(20)22/h4-5,7,11,15-17H,2-3,6,8-10,12-14H2,1H3/t16-,17-/m1/s1. The maximum absolute atomic E-state index is 12.6. The summed E-state index contributed by atoms with van der Waals surface area (Å²) in [4.78, 5) is 26.4. The molecule has 2 heterocycles. The van der Waals surface area contributed by atoms with Crippen molar-refractivity contribution in [3.05, 3.63) is 34.7 Å². The molecule has 0 radical (unpaired) electrons. The molecule has 5 heteroatoms. The smallest absolute Gasteiger partial charge is 0.250 e. The van der Waals surface area contributed by atoms with Crippen LogP contribution in [0.1, 0.15) is 45.4 Å². The Labute approximate surface area is 143 Å². The molecule has 0 unspecified atom stereocenters. The van der Waals surface area contributed by atoms with E-state index in [1.54, 1.807) is 16.8 Å². The summed E-state index contributed by atoms with van der Waals surface area (Å²) in [7, 11) is 0. The SMILES string of the molecule is CCCC[C@@H]1CN(C(=O)CCn2ccccc2=O)C[C@H](C2CC2)O1. The van der Waals surface area contributed by atoms with Crippen LogP contribution in [0.3, 0.4) is 0 Å². The van der Waals surface area contributed by atoms with Crippen molar-refractivity contribution in [1.29, 1.82) is 0 Å². The van der Waals surface area contributed by atoms with Crippen LogP contribution in [0.4, 0.5) is 0 Å². The Kier molecular flexibility index (Phi) is 5.72. The van der Waals surface area contributed by atoms with Gasteiger partial charge in [0.15, 0.2) is 0 Å². The number of aromatic nitrogens is 1. The number of rotatable bonds is 7. The third-order valence-electron chi connectivity index (χ3n) is 5.04. The van der Waals surface area contributed by atoms with E-state index in [4.69, 9.17) is 4.74 Å². The first kappa shape index (κ1) is 17.2. The van der Waals surface area contributed by atoms with E-state index in [0.29, 0.717) is 25.4 Å². The van der Waals surface area contributed by atoms with Crippen molar-refractivity contribution in [2.45, 2.75) is 64.2 Å². The van der Waals surface area contributed by atoms with Crippen LogP contribution in [0.2, 0.25) is 0 Å². The fourth-order valence-corrected chi connectivity index (χ4v) is 3.41. The van der Waals surface area contributed by atoms with E-state index in [0.717, 1.165) is 25.8 Å². The number of morpholine rings is 1. The first-order chi connectivity index (χ1) is 11.7. The van der Waals surface area contributed by atoms with Crippen molar-refractivity contribution in [3.8, 4) is 0 Å². The number of amides is 1. The fraction of sp³-hybridized carbons (Fsp3) is 0.684. The number of hydrogen-bond acceptors (Lipinski definition) is 3. The van der Waals surface area contributed by atoms with Crippen molar-refractivity contribution in [1.82, 2.24) is 9.47 Å². The van der Waals surface area contributed by atoms with Crippen LogP contribution in [0.15, 0.2) is 29.2 Å². The Morgan fingerprint density at radius 3 is 2.83 bits per heavy atom. The number of aryl methyl sites for hydroxylation is 1. The second-order valence-electron chi connectivity index (χ2n) is 7.06. The minimum absolute atomic E-state index is 0.0519. The van der Waals surface area contributed by atoms with Gasteiger partial charge in [0, 0.05) is 38.3 Å². The van der Waals surface area contributed by atoms with Gasteiger partial charge < -0.3 is 14.2 Å². The Bertz CT molecular complexity index is 609. The lowest BCUT2D eigenvalue weighted by atomic mass is 10.1. The number of pyridine rings is 1. The minimum Gasteiger partial charge on any atom is -0.371 e. The molecule has 0 N–H and O–H groups in total. The maximum atomic E-state index is 12.6. The van der Waals surface area contributed by atoms with Crippen LogP contribution < -0.4 is 5.56 Å². The molecule has 24 heavy (non-hydrogen) atoms. The third kappa shape index (κ3) is 4.47. The van der Waals surface area contributed by atoms with Crippen LogP contribution in [-0.4, -0.2) is 40.7 Å². The molecule has 1 aliphatic heterocycles. The number of carbonyl (C=O) groups is 1. The van der Waals surface area contributed by atoms with E-state index in [2.05, 4.69) is 6.92 Å². The average Bonchev–Trinajstić information content (AvgIpc) is 3.44. The predicted octanol–water partition coefficient (Wildman–Crippen LogP) is 2.43. The predicted molar refractivity (Wildman–Crippen MR) is 92.8 cm³/mol. The summed E-state index contributed by atoms with van der Waals surface area (Å²) in [6.07, 6.45) is 8.29. The van der Waals surface area contributed by atoms with Gasteiger partial charge in [-0.05, 0) is 31.2 Å². The molecule has 3 rings (SSSR count). The fourth-order valence-electron chi connectivity index (χ4n) is 3.41. The highest BCUT2D eigenvalue weighted by Gasteiger charge is 2.39. The van der Waals surface area contributed by atoms with E-state index >= 15 is 0 Å². The zero-order valence-corrected chi connectivity index (χ0v) is 14.5. The van der Waals surface area contributed by atoms with Gasteiger partial charge in [0.2, 0.25) is 5.91 Å². The summed E-state index contributed by atoms with van der Waals surface area (Å²) >= 11 is 0. The van der Waals surface area contributed by atoms with E-state index in [1.807, 2.05) is 11.0 Å². The molecule has 1 aromatic rings. The molecule has 2 atom stereocenters. The Hall–Kier alpha value is -1.62. The summed E-state index contributed by atoms with van der Waals surface area (Å²) in [6, 6.07) is 5.08. The Morgan fingerprint density at radius 1 is 1.29 bits per heavy atom. The first-order valence-electron chi connectivity index (χ1n) is 9.26. The molecule has 2 aliphatic rings. The van der Waals surface area contributed by atoms with Crippen molar-refractivity contribution in [2.75, 3.05) is 13.1 Å². The average molecular weight is 332 g/mol. The summed E-state index contributed by atoms with van der Waals surface area (Å²) < 4.78 is 7.83. The minimum atomic E-state index is -0.0519. The van der Waals surface area contributed by atoms with Crippen molar-refractivity contribution in [2.24, 2.45) is 5.92 Å². The second-order valence-corrected chi connectivity index (χ2v) is 7.06. The molecule has 1 saturated carbocycles. The summed E-state index contributed by atoms with van der Waals surface area (Å²) in [5.41, 5.74) is -0.0519. The zero-order valence-electron chi connectivity index (χ0n) is 14.5. The lowest BCUT2D eigenvalue weighted by Crippen LogP contribution is -2.51. The summed E-state index contributed by atoms with van der Waals surface area (Å²) in [6.45, 7) is 4.05. The largest absolute Gasteiger partial charge is 0.371 e. The molecule has 1 amide bonds. The lowest BCUT2D eigenvalue weighted by Gasteiger charge is -2.38. The number of hydrogen-bond donors (Lipinski definition) is 0. The van der Waals surface area contributed by atoms with Crippen molar-refractivity contribution in [3.63, 3.8) is 0 Å². The molecule has 132 valence electrons. The molecule has 0 spiro atoms. The molecule has 0 bridgehead atoms. The third-order valence-corrected chi connectivity index (χ3v) is 5.04. The van der Waals surface area contributed by atoms with Crippen LogP contribution >= 0.6 is 0 Å². The number of nitrogens with zero attached hydrogens (tertiary/aromatic N) is 2. The summed E-state index contributed by atoms with van der Waals surface area (Å²) in [5.74, 6) is 0.780. The highest BCUT2D eigenvalue weighted by atomic mass is 16.5. The quantitative estimate of drug-likeness (QED) is 0.770. The van der Waals surface area contributed by atoms with Gasteiger partial charge >= 0.3 is 0 Å². The van der Waals surface area contributed by atoms with Crippen LogP contribution in [-0.2, 0) is 16.1 Å². The van der Waals surface area contributed by atoms with E-state index in [9.17, 15) is 9.59 Å². The molecule has 5 nitrogen and oxygen atoms in total. The molecular weight excluding hydrogens is 304 g/mol. The van der Waals surface area contributed by atoms with Gasteiger partial charge in [-0.3, -0.25) is 9.59 Å². The molecule has 1 aliphatic carbocycles. The summed E-state index contributed by atoms with van der Waals surface area (Å²) in [5, 5.41) is 0. The van der Waals surface area contributed by atoms with Crippen LogP contribution in [0, 0.1) is 5.92 Å². The molecule has 1 saturated heterocycles. The lowest BCUT2D eigenvalue weighted by molar-refractivity contribution is -0.148. The van der Waals surface area contributed by atoms with Gasteiger partial charge in [-0.1, -0.05) is 25.8 Å². The van der Waals surface area contributed by atoms with Gasteiger partial charge in [-0.25, -0.2) is 0 Å². The number of carbonyl (C=O) groups excluding carboxylic acids is 1. The van der Waals surface area contributed by atoms with Gasteiger partial charge in [0.05, 0.1) is 12.2 Å². The van der Waals surface area contributed by atoms with Crippen LogP contribution in [0.5, 0.6) is 0 Å². The van der Waals surface area contributed by atoms with E-state index in [1.165, 1.54) is 18.9 Å². The highest BCUT2D eigenvalue weighted by molar-refractivity contribution is 5.76. The Morgan fingerprint density at radius 2 is 2.12 bits per heavy atom. The van der Waals surface area contributed by atoms with E-state index in [-0.39, 0.29) is 23.7 Å². The highest BCUT2D eigenvalue weighted by Crippen LogP contribution is 2.37. The van der Waals surface area contributed by atoms with Crippen molar-refractivity contribution >= 4 is 5.91 Å². The molecular formula is C19H28N2O3. The monoisotopic (exact) mass is 332 g/mol. The number of unbranched alkanes of at least 4 members (excludes halogenated alkanes) is 1. The van der Waals surface area contributed by atoms with Gasteiger partial charge in [-0.15, -0.1) is 0 Å². The van der Waals surface area contributed by atoms with Crippen molar-refractivity contribution < 1.29 is 9.53 Å².